The van der Waals surface area contributed by atoms with Crippen molar-refractivity contribution in [2.45, 2.75) is 5.41 Å². The van der Waals surface area contributed by atoms with Crippen LogP contribution in [-0.2, 0) is 5.41 Å². The van der Waals surface area contributed by atoms with Gasteiger partial charge in [0.1, 0.15) is 33.9 Å². The van der Waals surface area contributed by atoms with E-state index in [1.807, 2.05) is 48.5 Å². The minimum Gasteiger partial charge on any atom is -0.438 e. The number of pyridine rings is 2. The molecule has 47 heavy (non-hydrogen) atoms. The molecule has 0 saturated heterocycles. The molecule has 0 radical (unpaired) electrons. The summed E-state index contributed by atoms with van der Waals surface area (Å²) in [5.41, 5.74) is 5.10. The second-order valence-electron chi connectivity index (χ2n) is 10.6. The molecule has 0 saturated carbocycles. The Bertz CT molecular complexity index is 2040. The van der Waals surface area contributed by atoms with Gasteiger partial charge in [-0.3, -0.25) is 20.2 Å². The lowest BCUT2D eigenvalue weighted by Crippen LogP contribution is -2.28. The zero-order valence-electron chi connectivity index (χ0n) is 24.0. The third kappa shape index (κ3) is 5.19. The monoisotopic (exact) mass is 662 g/mol. The van der Waals surface area contributed by atoms with Crippen molar-refractivity contribution < 1.29 is 19.3 Å². The molecule has 2 aromatic heterocycles. The second kappa shape index (κ2) is 11.8. The van der Waals surface area contributed by atoms with E-state index in [1.54, 1.807) is 24.3 Å². The van der Waals surface area contributed by atoms with Gasteiger partial charge in [0.2, 0.25) is 11.8 Å². The molecule has 0 bridgehead atoms. The highest BCUT2D eigenvalue weighted by Crippen LogP contribution is 2.56. The van der Waals surface area contributed by atoms with Crippen molar-refractivity contribution in [2.24, 2.45) is 0 Å². The van der Waals surface area contributed by atoms with Crippen molar-refractivity contribution in [1.82, 2.24) is 9.97 Å². The van der Waals surface area contributed by atoms with Crippen LogP contribution in [-0.4, -0.2) is 19.8 Å². The lowest BCUT2D eigenvalue weighted by molar-refractivity contribution is -0.385. The van der Waals surface area contributed by atoms with Crippen molar-refractivity contribution >= 4 is 34.6 Å². The fourth-order valence-electron chi connectivity index (χ4n) is 5.97. The van der Waals surface area contributed by atoms with E-state index in [4.69, 9.17) is 32.7 Å². The van der Waals surface area contributed by atoms with Gasteiger partial charge in [-0.25, -0.2) is 9.97 Å². The van der Waals surface area contributed by atoms with E-state index in [2.05, 4.69) is 34.2 Å². The van der Waals surface area contributed by atoms with Gasteiger partial charge < -0.3 is 9.47 Å². The molecule has 0 atom stereocenters. The molecule has 1 aliphatic rings. The van der Waals surface area contributed by atoms with Crippen molar-refractivity contribution in [3.8, 4) is 34.4 Å². The summed E-state index contributed by atoms with van der Waals surface area (Å²) in [5.74, 6) is 0.995. The fraction of sp³-hybridized carbons (Fsp3) is 0.0286. The second-order valence-corrected chi connectivity index (χ2v) is 11.4. The summed E-state index contributed by atoms with van der Waals surface area (Å²) in [6.45, 7) is 0. The Morgan fingerprint density at radius 2 is 0.957 bits per heavy atom. The van der Waals surface area contributed by atoms with E-state index in [-0.39, 0.29) is 33.2 Å². The SMILES string of the molecule is O=[N+]([O-])c1cnc(Oc2ccc(C3(c4ccc(Oc5ncc([N+](=O)[O-])cc5Cl)cc4)c4ccccc4-c4ccccc43)cc2)c(Cl)c1. The molecule has 230 valence electrons. The highest BCUT2D eigenvalue weighted by molar-refractivity contribution is 6.32. The van der Waals surface area contributed by atoms with Crippen LogP contribution in [0, 0.1) is 20.2 Å². The molecular formula is C35H20Cl2N4O6. The summed E-state index contributed by atoms with van der Waals surface area (Å²) in [7, 11) is 0. The van der Waals surface area contributed by atoms with E-state index in [0.717, 1.165) is 45.8 Å². The summed E-state index contributed by atoms with van der Waals surface area (Å²) >= 11 is 12.4. The number of nitro groups is 2. The standard InChI is InChI=1S/C35H20Cl2N4O6/c36-31-17-23(40(42)43)19-38-33(31)46-25-13-9-21(10-14-25)35(29-7-3-1-5-27(29)28-6-2-4-8-30(28)35)22-11-15-26(16-12-22)47-34-32(37)18-24(20-39-34)41(44)45/h1-20H. The summed E-state index contributed by atoms with van der Waals surface area (Å²) in [6.07, 6.45) is 2.19. The average molecular weight is 663 g/mol. The average Bonchev–Trinajstić information content (AvgIpc) is 3.38. The largest absolute Gasteiger partial charge is 0.438 e. The number of halogens is 2. The molecule has 0 fully saturated rings. The summed E-state index contributed by atoms with van der Waals surface area (Å²) < 4.78 is 11.8. The number of hydrogen-bond acceptors (Lipinski definition) is 8. The molecule has 10 nitrogen and oxygen atoms in total. The Morgan fingerprint density at radius 3 is 1.32 bits per heavy atom. The Kier molecular flexibility index (Phi) is 7.51. The van der Waals surface area contributed by atoms with Gasteiger partial charge in [0.05, 0.1) is 15.3 Å². The van der Waals surface area contributed by atoms with Crippen LogP contribution in [0.2, 0.25) is 10.0 Å². The number of aromatic nitrogens is 2. The van der Waals surface area contributed by atoms with Gasteiger partial charge in [0.15, 0.2) is 0 Å². The Labute approximate surface area is 277 Å². The summed E-state index contributed by atoms with van der Waals surface area (Å²) in [6, 6.07) is 34.0. The highest BCUT2D eigenvalue weighted by Gasteiger charge is 2.45. The topological polar surface area (TPSA) is 131 Å². The van der Waals surface area contributed by atoms with Gasteiger partial charge in [0.25, 0.3) is 11.4 Å². The van der Waals surface area contributed by atoms with Crippen LogP contribution in [0.3, 0.4) is 0 Å². The van der Waals surface area contributed by atoms with Gasteiger partial charge >= 0.3 is 0 Å². The van der Waals surface area contributed by atoms with Crippen molar-refractivity contribution in [3.63, 3.8) is 0 Å². The van der Waals surface area contributed by atoms with Gasteiger partial charge in [-0.2, -0.15) is 0 Å². The smallest absolute Gasteiger partial charge is 0.289 e. The fourth-order valence-corrected chi connectivity index (χ4v) is 6.37. The minimum atomic E-state index is -0.725. The molecule has 4 aromatic carbocycles. The maximum Gasteiger partial charge on any atom is 0.289 e. The number of ether oxygens (including phenoxy) is 2. The minimum absolute atomic E-state index is 0.0194. The summed E-state index contributed by atoms with van der Waals surface area (Å²) in [5, 5.41) is 22.2. The molecule has 12 heteroatoms. The molecule has 0 N–H and O–H groups in total. The molecular weight excluding hydrogens is 643 g/mol. The lowest BCUT2D eigenvalue weighted by Gasteiger charge is -2.34. The molecule has 0 amide bonds. The maximum absolute atomic E-state index is 11.1. The van der Waals surface area contributed by atoms with Crippen molar-refractivity contribution in [3.05, 3.63) is 174 Å². The molecule has 7 rings (SSSR count). The van der Waals surface area contributed by atoms with Crippen molar-refractivity contribution in [1.29, 1.82) is 0 Å². The molecule has 0 unspecified atom stereocenters. The third-order valence-electron chi connectivity index (χ3n) is 7.96. The Balaban J connectivity index is 1.30. The quantitative estimate of drug-likeness (QED) is 0.116. The van der Waals surface area contributed by atoms with E-state index >= 15 is 0 Å². The maximum atomic E-state index is 11.1. The molecule has 0 spiro atoms. The predicted octanol–water partition coefficient (Wildman–Crippen LogP) is 9.55. The van der Waals surface area contributed by atoms with Crippen LogP contribution in [0.15, 0.2) is 122 Å². The van der Waals surface area contributed by atoms with Crippen LogP contribution in [0.25, 0.3) is 11.1 Å². The summed E-state index contributed by atoms with van der Waals surface area (Å²) in [4.78, 5) is 29.1. The van der Waals surface area contributed by atoms with Crippen LogP contribution in [0.4, 0.5) is 11.4 Å². The first-order chi connectivity index (χ1) is 22.8. The predicted molar refractivity (Wildman–Crippen MR) is 176 cm³/mol. The molecule has 6 aromatic rings. The molecule has 1 aliphatic carbocycles. The number of nitrogens with zero attached hydrogens (tertiary/aromatic N) is 4. The molecule has 2 heterocycles. The Hall–Kier alpha value is -5.84. The Morgan fingerprint density at radius 1 is 0.574 bits per heavy atom. The molecule has 0 aliphatic heterocycles. The van der Waals surface area contributed by atoms with E-state index in [9.17, 15) is 20.2 Å². The van der Waals surface area contributed by atoms with Crippen LogP contribution >= 0.6 is 23.2 Å². The first kappa shape index (κ1) is 29.8. The first-order valence-corrected chi connectivity index (χ1v) is 14.9. The van der Waals surface area contributed by atoms with Gasteiger partial charge in [-0.05, 0) is 57.6 Å². The van der Waals surface area contributed by atoms with Crippen LogP contribution in [0.5, 0.6) is 23.3 Å². The zero-order chi connectivity index (χ0) is 32.7. The van der Waals surface area contributed by atoms with Gasteiger partial charge in [-0.15, -0.1) is 0 Å². The van der Waals surface area contributed by atoms with Gasteiger partial charge in [0, 0.05) is 12.1 Å². The van der Waals surface area contributed by atoms with Crippen LogP contribution in [0.1, 0.15) is 22.3 Å². The van der Waals surface area contributed by atoms with E-state index in [1.165, 1.54) is 12.1 Å². The van der Waals surface area contributed by atoms with Gasteiger partial charge in [-0.1, -0.05) is 96.0 Å². The number of rotatable bonds is 8. The highest BCUT2D eigenvalue weighted by atomic mass is 35.5. The lowest BCUT2D eigenvalue weighted by atomic mass is 9.68. The number of hydrogen-bond donors (Lipinski definition) is 0. The zero-order valence-corrected chi connectivity index (χ0v) is 25.6. The third-order valence-corrected chi connectivity index (χ3v) is 8.51. The van der Waals surface area contributed by atoms with Crippen molar-refractivity contribution in [2.75, 3.05) is 0 Å². The number of benzene rings is 4. The van der Waals surface area contributed by atoms with E-state index < -0.39 is 15.3 Å². The van der Waals surface area contributed by atoms with Crippen LogP contribution < -0.4 is 9.47 Å². The normalized spacial score (nSPS) is 12.6. The first-order valence-electron chi connectivity index (χ1n) is 14.1. The van der Waals surface area contributed by atoms with E-state index in [0.29, 0.717) is 11.5 Å². The number of fused-ring (bicyclic) bond motifs is 3.